The van der Waals surface area contributed by atoms with Crippen LogP contribution in [0.15, 0.2) is 18.2 Å². The van der Waals surface area contributed by atoms with Gasteiger partial charge in [0.25, 0.3) is 0 Å². The van der Waals surface area contributed by atoms with Gasteiger partial charge in [0.1, 0.15) is 0 Å². The van der Waals surface area contributed by atoms with Crippen LogP contribution in [0.2, 0.25) is 0 Å². The van der Waals surface area contributed by atoms with Gasteiger partial charge in [0.2, 0.25) is 5.91 Å². The monoisotopic (exact) mass is 221 g/mol. The minimum atomic E-state index is 0.0202. The van der Waals surface area contributed by atoms with E-state index in [1.54, 1.807) is 0 Å². The van der Waals surface area contributed by atoms with Crippen LogP contribution in [0.25, 0.3) is 0 Å². The molecule has 88 valence electrons. The van der Waals surface area contributed by atoms with Gasteiger partial charge in [-0.3, -0.25) is 4.79 Å². The highest BCUT2D eigenvalue weighted by Gasteiger charge is 2.09. The maximum absolute atomic E-state index is 11.4. The van der Waals surface area contributed by atoms with Crippen LogP contribution in [-0.4, -0.2) is 26.0 Å². The van der Waals surface area contributed by atoms with Gasteiger partial charge in [-0.15, -0.1) is 0 Å². The average Bonchev–Trinajstić information content (AvgIpc) is 2.22. The van der Waals surface area contributed by atoms with Gasteiger partial charge < -0.3 is 16.0 Å². The van der Waals surface area contributed by atoms with Crippen molar-refractivity contribution in [2.24, 2.45) is 0 Å². The predicted octanol–water partition coefficient (Wildman–Crippen LogP) is 1.15. The second kappa shape index (κ2) is 5.39. The summed E-state index contributed by atoms with van der Waals surface area (Å²) in [6.07, 6.45) is 0. The van der Waals surface area contributed by atoms with E-state index in [1.165, 1.54) is 0 Å². The van der Waals surface area contributed by atoms with E-state index in [9.17, 15) is 4.79 Å². The zero-order valence-corrected chi connectivity index (χ0v) is 10.1. The Hall–Kier alpha value is -1.71. The highest BCUT2D eigenvalue weighted by Crippen LogP contribution is 2.23. The lowest BCUT2D eigenvalue weighted by molar-refractivity contribution is -0.119. The van der Waals surface area contributed by atoms with Crippen molar-refractivity contribution < 1.29 is 4.79 Å². The molecule has 3 N–H and O–H groups in total. The molecule has 0 aliphatic heterocycles. The van der Waals surface area contributed by atoms with Crippen molar-refractivity contribution in [3.63, 3.8) is 0 Å². The summed E-state index contributed by atoms with van der Waals surface area (Å²) >= 11 is 0. The molecule has 0 bridgehead atoms. The van der Waals surface area contributed by atoms with Crippen LogP contribution >= 0.6 is 0 Å². The molecule has 0 saturated carbocycles. The van der Waals surface area contributed by atoms with E-state index < -0.39 is 0 Å². The van der Waals surface area contributed by atoms with Gasteiger partial charge in [0.15, 0.2) is 0 Å². The summed E-state index contributed by atoms with van der Waals surface area (Å²) in [4.78, 5) is 13.3. The van der Waals surface area contributed by atoms with Gasteiger partial charge in [0, 0.05) is 25.0 Å². The molecule has 4 heteroatoms. The molecule has 0 radical (unpaired) electrons. The Labute approximate surface area is 96.4 Å². The average molecular weight is 221 g/mol. The first kappa shape index (κ1) is 12.4. The highest BCUT2D eigenvalue weighted by atomic mass is 16.1. The topological polar surface area (TPSA) is 58.4 Å². The zero-order valence-electron chi connectivity index (χ0n) is 10.1. The first-order valence-electron chi connectivity index (χ1n) is 5.39. The molecule has 0 fully saturated rings. The molecule has 1 aromatic carbocycles. The van der Waals surface area contributed by atoms with Gasteiger partial charge in [-0.05, 0) is 31.5 Å². The van der Waals surface area contributed by atoms with Gasteiger partial charge in [-0.1, -0.05) is 6.07 Å². The molecule has 0 atom stereocenters. The fourth-order valence-corrected chi connectivity index (χ4v) is 1.61. The van der Waals surface area contributed by atoms with Crippen LogP contribution < -0.4 is 16.0 Å². The Morgan fingerprint density at radius 2 is 2.19 bits per heavy atom. The third-order valence-electron chi connectivity index (χ3n) is 2.51. The molecular formula is C12H19N3O. The fraction of sp³-hybridized carbons (Fsp3) is 0.417. The van der Waals surface area contributed by atoms with Gasteiger partial charge >= 0.3 is 0 Å². The standard InChI is InChI=1S/C12H19N3O/c1-4-14-12(16)8-15(3)11-7-5-6-10(13)9(11)2/h5-7H,4,8,13H2,1-3H3,(H,14,16). The molecule has 0 aliphatic rings. The quantitative estimate of drug-likeness (QED) is 0.750. The summed E-state index contributed by atoms with van der Waals surface area (Å²) < 4.78 is 0. The molecule has 0 saturated heterocycles. The molecule has 0 unspecified atom stereocenters. The highest BCUT2D eigenvalue weighted by molar-refractivity contribution is 5.82. The SMILES string of the molecule is CCNC(=O)CN(C)c1cccc(N)c1C. The van der Waals surface area contributed by atoms with Crippen molar-refractivity contribution >= 4 is 17.3 Å². The summed E-state index contributed by atoms with van der Waals surface area (Å²) in [5, 5.41) is 2.77. The lowest BCUT2D eigenvalue weighted by Crippen LogP contribution is -2.35. The normalized spacial score (nSPS) is 9.94. The Morgan fingerprint density at radius 1 is 1.50 bits per heavy atom. The number of nitrogens with zero attached hydrogens (tertiary/aromatic N) is 1. The van der Waals surface area contributed by atoms with Crippen molar-refractivity contribution in [2.75, 3.05) is 30.8 Å². The number of hydrogen-bond donors (Lipinski definition) is 2. The summed E-state index contributed by atoms with van der Waals surface area (Å²) in [5.41, 5.74) is 8.57. The molecule has 16 heavy (non-hydrogen) atoms. The van der Waals surface area contributed by atoms with E-state index in [2.05, 4.69) is 5.32 Å². The number of nitrogens with two attached hydrogens (primary N) is 1. The molecule has 1 aromatic rings. The van der Waals surface area contributed by atoms with Crippen LogP contribution in [0.3, 0.4) is 0 Å². The number of nitrogens with one attached hydrogen (secondary N) is 1. The molecule has 0 heterocycles. The van der Waals surface area contributed by atoms with Crippen LogP contribution in [0.1, 0.15) is 12.5 Å². The second-order valence-corrected chi connectivity index (χ2v) is 3.80. The number of anilines is 2. The molecule has 0 aliphatic carbocycles. The minimum Gasteiger partial charge on any atom is -0.398 e. The van der Waals surface area contributed by atoms with Crippen molar-refractivity contribution in [1.29, 1.82) is 0 Å². The third-order valence-corrected chi connectivity index (χ3v) is 2.51. The zero-order chi connectivity index (χ0) is 12.1. The third kappa shape index (κ3) is 2.89. The molecular weight excluding hydrogens is 202 g/mol. The van der Waals surface area contributed by atoms with Crippen molar-refractivity contribution in [3.05, 3.63) is 23.8 Å². The maximum atomic E-state index is 11.4. The smallest absolute Gasteiger partial charge is 0.239 e. The van der Waals surface area contributed by atoms with E-state index in [4.69, 9.17) is 5.73 Å². The number of benzene rings is 1. The summed E-state index contributed by atoms with van der Waals surface area (Å²) in [7, 11) is 1.89. The van der Waals surface area contributed by atoms with E-state index in [-0.39, 0.29) is 5.91 Å². The van der Waals surface area contributed by atoms with Crippen molar-refractivity contribution in [2.45, 2.75) is 13.8 Å². The van der Waals surface area contributed by atoms with Crippen molar-refractivity contribution in [3.8, 4) is 0 Å². The number of carbonyl (C=O) groups excluding carboxylic acids is 1. The summed E-state index contributed by atoms with van der Waals surface area (Å²) in [6.45, 7) is 4.86. The van der Waals surface area contributed by atoms with E-state index in [0.717, 1.165) is 16.9 Å². The number of carbonyl (C=O) groups is 1. The van der Waals surface area contributed by atoms with Gasteiger partial charge in [-0.2, -0.15) is 0 Å². The Morgan fingerprint density at radius 3 is 2.81 bits per heavy atom. The maximum Gasteiger partial charge on any atom is 0.239 e. The van der Waals surface area contributed by atoms with E-state index in [0.29, 0.717) is 13.1 Å². The summed E-state index contributed by atoms with van der Waals surface area (Å²) in [6, 6.07) is 5.72. The predicted molar refractivity (Wildman–Crippen MR) is 67.5 cm³/mol. The van der Waals surface area contributed by atoms with Crippen LogP contribution in [-0.2, 0) is 4.79 Å². The number of rotatable bonds is 4. The Balaban J connectivity index is 2.76. The molecule has 0 spiro atoms. The van der Waals surface area contributed by atoms with E-state index >= 15 is 0 Å². The number of nitrogen functional groups attached to an aromatic ring is 1. The first-order chi connectivity index (χ1) is 7.56. The van der Waals surface area contributed by atoms with Crippen LogP contribution in [0, 0.1) is 6.92 Å². The minimum absolute atomic E-state index is 0.0202. The van der Waals surface area contributed by atoms with Gasteiger partial charge in [-0.25, -0.2) is 0 Å². The van der Waals surface area contributed by atoms with Crippen LogP contribution in [0.5, 0.6) is 0 Å². The van der Waals surface area contributed by atoms with E-state index in [1.807, 2.05) is 44.0 Å². The number of likely N-dealkylation sites (N-methyl/N-ethyl adjacent to an activating group) is 2. The molecule has 4 nitrogen and oxygen atoms in total. The largest absolute Gasteiger partial charge is 0.398 e. The second-order valence-electron chi connectivity index (χ2n) is 3.80. The Kier molecular flexibility index (Phi) is 4.17. The lowest BCUT2D eigenvalue weighted by Gasteiger charge is -2.21. The molecule has 0 aromatic heterocycles. The molecule has 1 rings (SSSR count). The van der Waals surface area contributed by atoms with Crippen LogP contribution in [0.4, 0.5) is 11.4 Å². The van der Waals surface area contributed by atoms with Crippen molar-refractivity contribution in [1.82, 2.24) is 5.32 Å². The van der Waals surface area contributed by atoms with Gasteiger partial charge in [0.05, 0.1) is 6.54 Å². The molecule has 1 amide bonds. The fourth-order valence-electron chi connectivity index (χ4n) is 1.61. The first-order valence-corrected chi connectivity index (χ1v) is 5.39. The lowest BCUT2D eigenvalue weighted by atomic mass is 10.1. The summed E-state index contributed by atoms with van der Waals surface area (Å²) in [5.74, 6) is 0.0202. The number of amides is 1. The number of hydrogen-bond acceptors (Lipinski definition) is 3. The Bertz CT molecular complexity index is 377.